The van der Waals surface area contributed by atoms with Crippen molar-refractivity contribution in [1.29, 1.82) is 0 Å². The van der Waals surface area contributed by atoms with E-state index >= 15 is 0 Å². The number of rotatable bonds is 4. The summed E-state index contributed by atoms with van der Waals surface area (Å²) in [6, 6.07) is 8.09. The van der Waals surface area contributed by atoms with E-state index in [1.165, 1.54) is 6.92 Å². The van der Waals surface area contributed by atoms with Crippen LogP contribution in [0.25, 0.3) is 10.9 Å². The molecule has 1 aromatic heterocycles. The number of nitrogens with zero attached hydrogens (tertiary/aromatic N) is 3. The average Bonchev–Trinajstić information content (AvgIpc) is 2.98. The van der Waals surface area contributed by atoms with Gasteiger partial charge in [0.2, 0.25) is 0 Å². The van der Waals surface area contributed by atoms with E-state index in [0.29, 0.717) is 23.0 Å². The Hall–Kier alpha value is -3.54. The predicted molar refractivity (Wildman–Crippen MR) is 109 cm³/mol. The number of amides is 3. The standard InChI is InChI=1S/C21H15F4N3O4S/c1-12-19(29)28(13-6-8-14(9-7-13)33(31,32)21(23,24)25)20(30)27(12)11-16-15-4-2-3-5-18(15)26-10-17(16)22/h2-10,12H,11H2,1H3. The summed E-state index contributed by atoms with van der Waals surface area (Å²) in [7, 11) is -5.58. The number of sulfone groups is 1. The van der Waals surface area contributed by atoms with E-state index < -0.39 is 44.0 Å². The molecule has 2 heterocycles. The molecule has 1 saturated heterocycles. The quantitative estimate of drug-likeness (QED) is 0.415. The normalized spacial score (nSPS) is 17.3. The lowest BCUT2D eigenvalue weighted by Gasteiger charge is -2.20. The number of fused-ring (bicyclic) bond motifs is 1. The fourth-order valence-electron chi connectivity index (χ4n) is 3.56. The molecule has 0 spiro atoms. The molecule has 0 aliphatic carbocycles. The first-order valence-corrected chi connectivity index (χ1v) is 11.0. The molecule has 0 bridgehead atoms. The fourth-order valence-corrected chi connectivity index (χ4v) is 4.33. The van der Waals surface area contributed by atoms with Crippen molar-refractivity contribution in [3.8, 4) is 0 Å². The van der Waals surface area contributed by atoms with E-state index in [1.807, 2.05) is 0 Å². The molecule has 0 radical (unpaired) electrons. The summed E-state index contributed by atoms with van der Waals surface area (Å²) in [4.78, 5) is 30.6. The summed E-state index contributed by atoms with van der Waals surface area (Å²) in [5.74, 6) is -1.36. The number of anilines is 1. The van der Waals surface area contributed by atoms with Gasteiger partial charge in [-0.05, 0) is 37.3 Å². The molecule has 1 aliphatic heterocycles. The number of para-hydroxylation sites is 1. The number of carbonyl (C=O) groups excluding carboxylic acids is 2. The number of halogens is 4. The molecule has 7 nitrogen and oxygen atoms in total. The smallest absolute Gasteiger partial charge is 0.308 e. The van der Waals surface area contributed by atoms with Crippen molar-refractivity contribution >= 4 is 38.4 Å². The first-order valence-electron chi connectivity index (χ1n) is 9.51. The van der Waals surface area contributed by atoms with Crippen LogP contribution in [0.1, 0.15) is 12.5 Å². The van der Waals surface area contributed by atoms with E-state index in [-0.39, 0.29) is 17.8 Å². The summed E-state index contributed by atoms with van der Waals surface area (Å²) >= 11 is 0. The van der Waals surface area contributed by atoms with Crippen molar-refractivity contribution in [3.05, 3.63) is 66.1 Å². The Kier molecular flexibility index (Phi) is 5.35. The highest BCUT2D eigenvalue weighted by atomic mass is 32.2. The number of urea groups is 1. The number of benzene rings is 2. The minimum atomic E-state index is -5.58. The van der Waals surface area contributed by atoms with Crippen LogP contribution in [0, 0.1) is 5.82 Å². The Morgan fingerprint density at radius 2 is 1.67 bits per heavy atom. The number of hydrogen-bond acceptors (Lipinski definition) is 5. The van der Waals surface area contributed by atoms with Crippen LogP contribution in [0.4, 0.5) is 28.0 Å². The third kappa shape index (κ3) is 3.69. The summed E-state index contributed by atoms with van der Waals surface area (Å²) < 4.78 is 75.9. The van der Waals surface area contributed by atoms with Crippen LogP contribution in [0.2, 0.25) is 0 Å². The molecule has 12 heteroatoms. The molecule has 1 atom stereocenters. The molecule has 4 rings (SSSR count). The number of hydrogen-bond donors (Lipinski definition) is 0. The van der Waals surface area contributed by atoms with Crippen molar-refractivity contribution in [3.63, 3.8) is 0 Å². The van der Waals surface area contributed by atoms with Crippen LogP contribution in [-0.4, -0.2) is 41.8 Å². The lowest BCUT2D eigenvalue weighted by atomic mass is 10.1. The third-order valence-corrected chi connectivity index (χ3v) is 6.86. The molecule has 0 saturated carbocycles. The van der Waals surface area contributed by atoms with Crippen molar-refractivity contribution in [2.45, 2.75) is 29.9 Å². The van der Waals surface area contributed by atoms with Gasteiger partial charge in [-0.1, -0.05) is 18.2 Å². The average molecular weight is 481 g/mol. The Morgan fingerprint density at radius 3 is 2.30 bits per heavy atom. The second-order valence-electron chi connectivity index (χ2n) is 7.31. The highest BCUT2D eigenvalue weighted by molar-refractivity contribution is 7.92. The molecule has 2 aromatic carbocycles. The first-order chi connectivity index (χ1) is 15.4. The van der Waals surface area contributed by atoms with Crippen LogP contribution in [0.15, 0.2) is 59.6 Å². The molecule has 3 amide bonds. The van der Waals surface area contributed by atoms with Gasteiger partial charge in [0.05, 0.1) is 28.8 Å². The topological polar surface area (TPSA) is 87.7 Å². The highest BCUT2D eigenvalue weighted by Crippen LogP contribution is 2.33. The van der Waals surface area contributed by atoms with Crippen molar-refractivity contribution in [1.82, 2.24) is 9.88 Å². The maximum atomic E-state index is 14.5. The summed E-state index contributed by atoms with van der Waals surface area (Å²) in [6.45, 7) is 1.18. The Morgan fingerprint density at radius 1 is 1.03 bits per heavy atom. The molecule has 0 N–H and O–H groups in total. The largest absolute Gasteiger partial charge is 0.501 e. The molecule has 1 fully saturated rings. The number of imide groups is 1. The molecule has 3 aromatic rings. The number of aromatic nitrogens is 1. The summed E-state index contributed by atoms with van der Waals surface area (Å²) in [5, 5.41) is 0.463. The SMILES string of the molecule is CC1C(=O)N(c2ccc(S(=O)(=O)C(F)(F)F)cc2)C(=O)N1Cc1c(F)cnc2ccccc12. The van der Waals surface area contributed by atoms with Gasteiger partial charge in [-0.2, -0.15) is 13.2 Å². The zero-order valence-corrected chi connectivity index (χ0v) is 17.7. The van der Waals surface area contributed by atoms with Crippen molar-refractivity contribution in [2.75, 3.05) is 4.90 Å². The maximum Gasteiger partial charge on any atom is 0.501 e. The van der Waals surface area contributed by atoms with Gasteiger partial charge in [0.15, 0.2) is 0 Å². The molecule has 1 unspecified atom stereocenters. The van der Waals surface area contributed by atoms with E-state index in [2.05, 4.69) is 4.98 Å². The molecular weight excluding hydrogens is 466 g/mol. The molecule has 1 aliphatic rings. The zero-order chi connectivity index (χ0) is 24.1. The minimum absolute atomic E-state index is 0.111. The lowest BCUT2D eigenvalue weighted by molar-refractivity contribution is -0.119. The number of pyridine rings is 1. The molecular formula is C21H15F4N3O4S. The van der Waals surface area contributed by atoms with E-state index in [4.69, 9.17) is 0 Å². The van der Waals surface area contributed by atoms with Crippen LogP contribution in [0.5, 0.6) is 0 Å². The van der Waals surface area contributed by atoms with Crippen molar-refractivity contribution in [2.24, 2.45) is 0 Å². The highest BCUT2D eigenvalue weighted by Gasteiger charge is 2.47. The van der Waals surface area contributed by atoms with Crippen LogP contribution >= 0.6 is 0 Å². The van der Waals surface area contributed by atoms with Crippen LogP contribution in [0.3, 0.4) is 0 Å². The maximum absolute atomic E-state index is 14.5. The summed E-state index contributed by atoms with van der Waals surface area (Å²) in [5.41, 5.74) is -4.95. The van der Waals surface area contributed by atoms with Gasteiger partial charge < -0.3 is 4.90 Å². The molecule has 33 heavy (non-hydrogen) atoms. The monoisotopic (exact) mass is 481 g/mol. The number of carbonyl (C=O) groups is 2. The Bertz CT molecular complexity index is 1370. The number of alkyl halides is 3. The first kappa shape index (κ1) is 22.6. The lowest BCUT2D eigenvalue weighted by Crippen LogP contribution is -2.33. The van der Waals surface area contributed by atoms with Gasteiger partial charge in [-0.25, -0.2) is 22.5 Å². The van der Waals surface area contributed by atoms with Gasteiger partial charge in [-0.15, -0.1) is 0 Å². The van der Waals surface area contributed by atoms with Gasteiger partial charge >= 0.3 is 11.5 Å². The summed E-state index contributed by atoms with van der Waals surface area (Å²) in [6.07, 6.45) is 1.02. The minimum Gasteiger partial charge on any atom is -0.308 e. The molecule has 172 valence electrons. The second kappa shape index (κ2) is 7.80. The van der Waals surface area contributed by atoms with Gasteiger partial charge in [0.1, 0.15) is 11.9 Å². The predicted octanol–water partition coefficient (Wildman–Crippen LogP) is 4.02. The Balaban J connectivity index is 1.66. The van der Waals surface area contributed by atoms with Crippen molar-refractivity contribution < 1.29 is 35.6 Å². The zero-order valence-electron chi connectivity index (χ0n) is 16.9. The van der Waals surface area contributed by atoms with E-state index in [1.54, 1.807) is 24.3 Å². The fraction of sp³-hybridized carbons (Fsp3) is 0.190. The van der Waals surface area contributed by atoms with Crippen LogP contribution < -0.4 is 4.90 Å². The Labute approximate surface area is 185 Å². The van der Waals surface area contributed by atoms with Gasteiger partial charge in [0, 0.05) is 10.9 Å². The second-order valence-corrected chi connectivity index (χ2v) is 9.25. The van der Waals surface area contributed by atoms with Gasteiger partial charge in [0.25, 0.3) is 15.7 Å². The third-order valence-electron chi connectivity index (χ3n) is 5.36. The van der Waals surface area contributed by atoms with Crippen LogP contribution in [-0.2, 0) is 21.2 Å². The van der Waals surface area contributed by atoms with E-state index in [9.17, 15) is 35.6 Å². The van der Waals surface area contributed by atoms with E-state index in [0.717, 1.165) is 28.1 Å². The van der Waals surface area contributed by atoms with Gasteiger partial charge in [-0.3, -0.25) is 9.78 Å².